The van der Waals surface area contributed by atoms with Gasteiger partial charge < -0.3 is 5.43 Å². The highest BCUT2D eigenvalue weighted by Gasteiger charge is 2.03. The molecule has 0 heterocycles. The van der Waals surface area contributed by atoms with Crippen LogP contribution >= 0.6 is 0 Å². The van der Waals surface area contributed by atoms with Crippen molar-refractivity contribution < 1.29 is 4.79 Å². The number of ketones is 1. The molecule has 3 aromatic rings. The Morgan fingerprint density at radius 3 is 2.29 bits per heavy atom. The molecule has 0 fully saturated rings. The van der Waals surface area contributed by atoms with E-state index in [1.807, 2.05) is 54.6 Å². The maximum atomic E-state index is 11.5. The van der Waals surface area contributed by atoms with E-state index >= 15 is 0 Å². The van der Waals surface area contributed by atoms with Crippen LogP contribution in [-0.2, 0) is 6.54 Å². The minimum atomic E-state index is 0.0876. The predicted octanol–water partition coefficient (Wildman–Crippen LogP) is 4.67. The number of nitrogens with one attached hydrogen (secondary N) is 2. The molecule has 3 heteroatoms. The first-order chi connectivity index (χ1) is 11.7. The normalized spacial score (nSPS) is 10.4. The van der Waals surface area contributed by atoms with E-state index in [0.29, 0.717) is 0 Å². The topological polar surface area (TPSA) is 41.1 Å². The van der Waals surface area contributed by atoms with Gasteiger partial charge in [-0.1, -0.05) is 60.7 Å². The summed E-state index contributed by atoms with van der Waals surface area (Å²) in [6, 6.07) is 26.1. The second kappa shape index (κ2) is 7.57. The Kier molecular flexibility index (Phi) is 5.04. The van der Waals surface area contributed by atoms with E-state index < -0.39 is 0 Å². The zero-order valence-corrected chi connectivity index (χ0v) is 13.6. The third-order valence-corrected chi connectivity index (χ3v) is 3.86. The van der Waals surface area contributed by atoms with Crippen molar-refractivity contribution in [2.24, 2.45) is 0 Å². The number of anilines is 1. The van der Waals surface area contributed by atoms with Gasteiger partial charge in [0.15, 0.2) is 5.78 Å². The monoisotopic (exact) mass is 316 g/mol. The van der Waals surface area contributed by atoms with Crippen LogP contribution in [0.4, 0.5) is 5.69 Å². The third kappa shape index (κ3) is 4.09. The Bertz CT molecular complexity index is 811. The molecule has 0 radical (unpaired) electrons. The van der Waals surface area contributed by atoms with Crippen LogP contribution in [0.5, 0.6) is 0 Å². The largest absolute Gasteiger partial charge is 0.321 e. The molecule has 0 aromatic heterocycles. The van der Waals surface area contributed by atoms with E-state index in [1.54, 1.807) is 6.92 Å². The Morgan fingerprint density at radius 2 is 1.58 bits per heavy atom. The molecule has 3 nitrogen and oxygen atoms in total. The summed E-state index contributed by atoms with van der Waals surface area (Å²) < 4.78 is 0. The van der Waals surface area contributed by atoms with Crippen molar-refractivity contribution in [3.8, 4) is 11.1 Å². The highest BCUT2D eigenvalue weighted by Crippen LogP contribution is 2.21. The fourth-order valence-corrected chi connectivity index (χ4v) is 2.50. The van der Waals surface area contributed by atoms with Crippen molar-refractivity contribution in [1.82, 2.24) is 5.43 Å². The average Bonchev–Trinajstić information content (AvgIpc) is 2.63. The minimum Gasteiger partial charge on any atom is -0.321 e. The molecule has 0 aliphatic heterocycles. The molecular formula is C21H20N2O. The van der Waals surface area contributed by atoms with Crippen LogP contribution in [0.1, 0.15) is 22.8 Å². The van der Waals surface area contributed by atoms with E-state index in [2.05, 4.69) is 35.1 Å². The van der Waals surface area contributed by atoms with Crippen LogP contribution in [-0.4, -0.2) is 5.78 Å². The Hall–Kier alpha value is -2.91. The lowest BCUT2D eigenvalue weighted by Crippen LogP contribution is -2.20. The molecule has 3 aromatic carbocycles. The Labute approximate surface area is 142 Å². The number of hydrazine groups is 1. The van der Waals surface area contributed by atoms with Gasteiger partial charge in [-0.25, -0.2) is 5.43 Å². The number of rotatable bonds is 6. The third-order valence-electron chi connectivity index (χ3n) is 3.86. The number of Topliss-reactive ketones (excluding diaryl/α,β-unsaturated/α-hetero) is 1. The van der Waals surface area contributed by atoms with Gasteiger partial charge in [0.1, 0.15) is 0 Å². The van der Waals surface area contributed by atoms with Gasteiger partial charge in [-0.2, -0.15) is 0 Å². The number of benzene rings is 3. The van der Waals surface area contributed by atoms with Crippen LogP contribution in [0.15, 0.2) is 78.9 Å². The average molecular weight is 316 g/mol. The first-order valence-electron chi connectivity index (χ1n) is 7.96. The SMILES string of the molecule is CC(=O)c1cccc(-c2ccc(CNNc3ccccc3)cc2)c1. The van der Waals surface area contributed by atoms with Crippen molar-refractivity contribution >= 4 is 11.5 Å². The summed E-state index contributed by atoms with van der Waals surface area (Å²) in [6.45, 7) is 2.32. The lowest BCUT2D eigenvalue weighted by atomic mass is 10.0. The second-order valence-electron chi connectivity index (χ2n) is 5.68. The molecule has 2 N–H and O–H groups in total. The Morgan fingerprint density at radius 1 is 0.833 bits per heavy atom. The van der Waals surface area contributed by atoms with Crippen LogP contribution in [0.3, 0.4) is 0 Å². The van der Waals surface area contributed by atoms with E-state index in [1.165, 1.54) is 5.56 Å². The van der Waals surface area contributed by atoms with Crippen LogP contribution < -0.4 is 10.9 Å². The molecule has 0 aliphatic carbocycles. The summed E-state index contributed by atoms with van der Waals surface area (Å²) in [4.78, 5) is 11.5. The van der Waals surface area contributed by atoms with Crippen molar-refractivity contribution in [3.63, 3.8) is 0 Å². The predicted molar refractivity (Wildman–Crippen MR) is 98.8 cm³/mol. The smallest absolute Gasteiger partial charge is 0.159 e. The van der Waals surface area contributed by atoms with Crippen molar-refractivity contribution in [2.45, 2.75) is 13.5 Å². The maximum Gasteiger partial charge on any atom is 0.159 e. The quantitative estimate of drug-likeness (QED) is 0.513. The number of para-hydroxylation sites is 1. The molecule has 24 heavy (non-hydrogen) atoms. The second-order valence-corrected chi connectivity index (χ2v) is 5.68. The van der Waals surface area contributed by atoms with Gasteiger partial charge in [0.2, 0.25) is 0 Å². The zero-order valence-electron chi connectivity index (χ0n) is 13.6. The summed E-state index contributed by atoms with van der Waals surface area (Å²) in [7, 11) is 0. The highest BCUT2D eigenvalue weighted by atomic mass is 16.1. The summed E-state index contributed by atoms with van der Waals surface area (Å²) in [5.74, 6) is 0.0876. The molecular weight excluding hydrogens is 296 g/mol. The molecule has 0 spiro atoms. The first-order valence-corrected chi connectivity index (χ1v) is 7.96. The van der Waals surface area contributed by atoms with E-state index in [-0.39, 0.29) is 5.78 Å². The summed E-state index contributed by atoms with van der Waals surface area (Å²) in [5.41, 5.74) is 11.5. The lowest BCUT2D eigenvalue weighted by Gasteiger charge is -2.09. The Balaban J connectivity index is 1.63. The molecule has 120 valence electrons. The minimum absolute atomic E-state index is 0.0876. The summed E-state index contributed by atoms with van der Waals surface area (Å²) >= 11 is 0. The van der Waals surface area contributed by atoms with Crippen LogP contribution in [0, 0.1) is 0 Å². The van der Waals surface area contributed by atoms with Gasteiger partial charge in [0, 0.05) is 17.8 Å². The molecule has 3 rings (SSSR count). The van der Waals surface area contributed by atoms with Gasteiger partial charge in [-0.15, -0.1) is 0 Å². The van der Waals surface area contributed by atoms with Gasteiger partial charge in [-0.05, 0) is 41.8 Å². The van der Waals surface area contributed by atoms with Crippen LogP contribution in [0.25, 0.3) is 11.1 Å². The van der Waals surface area contributed by atoms with Gasteiger partial charge in [0.25, 0.3) is 0 Å². The molecule has 0 saturated carbocycles. The fraction of sp³-hybridized carbons (Fsp3) is 0.0952. The number of carbonyl (C=O) groups is 1. The first kappa shape index (κ1) is 16.0. The fourth-order valence-electron chi connectivity index (χ4n) is 2.50. The number of hydrogen-bond acceptors (Lipinski definition) is 3. The lowest BCUT2D eigenvalue weighted by molar-refractivity contribution is 0.101. The molecule has 0 bridgehead atoms. The van der Waals surface area contributed by atoms with Crippen LogP contribution in [0.2, 0.25) is 0 Å². The van der Waals surface area contributed by atoms with E-state index in [4.69, 9.17) is 0 Å². The van der Waals surface area contributed by atoms with Crippen molar-refractivity contribution in [3.05, 3.63) is 90.0 Å². The molecule has 0 saturated heterocycles. The highest BCUT2D eigenvalue weighted by molar-refractivity contribution is 5.95. The molecule has 0 atom stereocenters. The summed E-state index contributed by atoms with van der Waals surface area (Å²) in [6.07, 6.45) is 0. The number of carbonyl (C=O) groups excluding carboxylic acids is 1. The van der Waals surface area contributed by atoms with Crippen molar-refractivity contribution in [1.29, 1.82) is 0 Å². The zero-order chi connectivity index (χ0) is 16.8. The van der Waals surface area contributed by atoms with Gasteiger partial charge >= 0.3 is 0 Å². The van der Waals surface area contributed by atoms with Gasteiger partial charge in [0.05, 0.1) is 0 Å². The maximum absolute atomic E-state index is 11.5. The van der Waals surface area contributed by atoms with Crippen molar-refractivity contribution in [2.75, 3.05) is 5.43 Å². The summed E-state index contributed by atoms with van der Waals surface area (Å²) in [5, 5.41) is 0. The molecule has 0 unspecified atom stereocenters. The van der Waals surface area contributed by atoms with E-state index in [0.717, 1.165) is 28.9 Å². The molecule has 0 aliphatic rings. The van der Waals surface area contributed by atoms with Gasteiger partial charge in [-0.3, -0.25) is 4.79 Å². The standard InChI is InChI=1S/C21H20N2O/c1-16(24)19-6-5-7-20(14-19)18-12-10-17(11-13-18)15-22-23-21-8-3-2-4-9-21/h2-14,22-23H,15H2,1H3. The molecule has 0 amide bonds. The van der Waals surface area contributed by atoms with E-state index in [9.17, 15) is 4.79 Å². The number of hydrogen-bond donors (Lipinski definition) is 2.